The lowest BCUT2D eigenvalue weighted by atomic mass is 9.96. The number of ether oxygens (including phenoxy) is 1. The second-order valence-corrected chi connectivity index (χ2v) is 4.77. The number of carbonyl (C=O) groups excluding carboxylic acids is 1. The number of esters is 1. The summed E-state index contributed by atoms with van der Waals surface area (Å²) in [5.74, 6) is -0.285. The van der Waals surface area contributed by atoms with Crippen LogP contribution in [0.4, 0.5) is 0 Å². The summed E-state index contributed by atoms with van der Waals surface area (Å²) in [7, 11) is 0. The summed E-state index contributed by atoms with van der Waals surface area (Å²) in [6.07, 6.45) is 3.41. The van der Waals surface area contributed by atoms with Gasteiger partial charge in [0, 0.05) is 6.20 Å². The first kappa shape index (κ1) is 16.2. The Bertz CT molecular complexity index is 415. The zero-order valence-corrected chi connectivity index (χ0v) is 12.3. The minimum absolute atomic E-state index is 0.182. The monoisotopic (exact) mass is 277 g/mol. The average molecular weight is 277 g/mol. The maximum atomic E-state index is 11.7. The molecule has 4 heteroatoms. The van der Waals surface area contributed by atoms with E-state index in [1.807, 2.05) is 44.2 Å². The van der Waals surface area contributed by atoms with Gasteiger partial charge in [-0.2, -0.15) is 0 Å². The van der Waals surface area contributed by atoms with Crippen molar-refractivity contribution in [3.8, 4) is 0 Å². The van der Waals surface area contributed by atoms with Gasteiger partial charge in [-0.05, 0) is 18.4 Å². The largest absolute Gasteiger partial charge is 0.466 e. The van der Waals surface area contributed by atoms with Crippen LogP contribution in [-0.4, -0.2) is 12.6 Å². The standard InChI is InChI=1S/C16H23NO3/c1-4-19-16(18)15(13(2)3)10-11-17-20-12-14-8-6-5-7-9-14/h5-11,13,15,17H,4,12H2,1-3H3/b11-10+. The van der Waals surface area contributed by atoms with Crippen LogP contribution in [0, 0.1) is 11.8 Å². The zero-order valence-electron chi connectivity index (χ0n) is 12.3. The van der Waals surface area contributed by atoms with Crippen LogP contribution in [0.15, 0.2) is 42.6 Å². The minimum Gasteiger partial charge on any atom is -0.466 e. The molecule has 4 nitrogen and oxygen atoms in total. The number of nitrogens with one attached hydrogen (secondary N) is 1. The van der Waals surface area contributed by atoms with E-state index in [4.69, 9.17) is 9.57 Å². The number of hydrogen-bond acceptors (Lipinski definition) is 4. The van der Waals surface area contributed by atoms with Gasteiger partial charge < -0.3 is 4.74 Å². The number of rotatable bonds is 8. The fourth-order valence-corrected chi connectivity index (χ4v) is 1.70. The summed E-state index contributed by atoms with van der Waals surface area (Å²) >= 11 is 0. The van der Waals surface area contributed by atoms with Gasteiger partial charge in [-0.3, -0.25) is 15.1 Å². The number of hydroxylamine groups is 1. The van der Waals surface area contributed by atoms with Gasteiger partial charge in [0.25, 0.3) is 0 Å². The van der Waals surface area contributed by atoms with Gasteiger partial charge in [-0.25, -0.2) is 0 Å². The van der Waals surface area contributed by atoms with Crippen molar-refractivity contribution in [2.45, 2.75) is 27.4 Å². The zero-order chi connectivity index (χ0) is 14.8. The predicted molar refractivity (Wildman–Crippen MR) is 78.5 cm³/mol. The molecular weight excluding hydrogens is 254 g/mol. The van der Waals surface area contributed by atoms with E-state index in [2.05, 4.69) is 5.48 Å². The highest BCUT2D eigenvalue weighted by molar-refractivity contribution is 5.74. The van der Waals surface area contributed by atoms with Gasteiger partial charge in [0.05, 0.1) is 19.1 Å². The topological polar surface area (TPSA) is 47.6 Å². The van der Waals surface area contributed by atoms with E-state index in [9.17, 15) is 4.79 Å². The van der Waals surface area contributed by atoms with Crippen LogP contribution >= 0.6 is 0 Å². The van der Waals surface area contributed by atoms with E-state index >= 15 is 0 Å². The second-order valence-electron chi connectivity index (χ2n) is 4.77. The van der Waals surface area contributed by atoms with Crippen LogP contribution in [-0.2, 0) is 21.0 Å². The fraction of sp³-hybridized carbons (Fsp3) is 0.438. The molecule has 0 amide bonds. The number of hydrogen-bond donors (Lipinski definition) is 1. The van der Waals surface area contributed by atoms with E-state index in [1.54, 1.807) is 19.2 Å². The van der Waals surface area contributed by atoms with Crippen molar-refractivity contribution in [1.29, 1.82) is 0 Å². The quantitative estimate of drug-likeness (QED) is 0.451. The molecule has 1 rings (SSSR count). The molecule has 0 aliphatic carbocycles. The van der Waals surface area contributed by atoms with Crippen molar-refractivity contribution < 1.29 is 14.4 Å². The molecule has 0 spiro atoms. The van der Waals surface area contributed by atoms with Gasteiger partial charge in [-0.15, -0.1) is 0 Å². The molecule has 110 valence electrons. The van der Waals surface area contributed by atoms with Gasteiger partial charge in [0.2, 0.25) is 0 Å². The predicted octanol–water partition coefficient (Wildman–Crippen LogP) is 3.06. The van der Waals surface area contributed by atoms with Crippen LogP contribution in [0.3, 0.4) is 0 Å². The lowest BCUT2D eigenvalue weighted by Gasteiger charge is -2.15. The first-order valence-electron chi connectivity index (χ1n) is 6.89. The Balaban J connectivity index is 2.36. The number of carbonyl (C=O) groups is 1. The Morgan fingerprint density at radius 3 is 2.60 bits per heavy atom. The third kappa shape index (κ3) is 5.89. The number of benzene rings is 1. The summed E-state index contributed by atoms with van der Waals surface area (Å²) in [4.78, 5) is 17.0. The van der Waals surface area contributed by atoms with Crippen molar-refractivity contribution >= 4 is 5.97 Å². The van der Waals surface area contributed by atoms with E-state index in [1.165, 1.54) is 0 Å². The normalized spacial score (nSPS) is 12.6. The Labute approximate surface area is 120 Å². The smallest absolute Gasteiger partial charge is 0.313 e. The van der Waals surface area contributed by atoms with Crippen molar-refractivity contribution in [3.63, 3.8) is 0 Å². The molecule has 0 radical (unpaired) electrons. The summed E-state index contributed by atoms with van der Waals surface area (Å²) in [6.45, 7) is 6.64. The molecule has 0 fully saturated rings. The molecule has 0 bridgehead atoms. The molecule has 1 atom stereocenters. The van der Waals surface area contributed by atoms with Gasteiger partial charge in [0.1, 0.15) is 0 Å². The molecule has 1 N–H and O–H groups in total. The molecule has 0 aliphatic heterocycles. The van der Waals surface area contributed by atoms with Crippen LogP contribution in [0.2, 0.25) is 0 Å². The maximum Gasteiger partial charge on any atom is 0.313 e. The maximum absolute atomic E-state index is 11.7. The van der Waals surface area contributed by atoms with Crippen LogP contribution < -0.4 is 5.48 Å². The molecule has 1 aromatic carbocycles. The summed E-state index contributed by atoms with van der Waals surface area (Å²) < 4.78 is 5.03. The lowest BCUT2D eigenvalue weighted by molar-refractivity contribution is -0.147. The highest BCUT2D eigenvalue weighted by Gasteiger charge is 2.20. The van der Waals surface area contributed by atoms with Crippen LogP contribution in [0.1, 0.15) is 26.3 Å². The SMILES string of the molecule is CCOC(=O)C(/C=C/NOCc1ccccc1)C(C)C. The van der Waals surface area contributed by atoms with E-state index < -0.39 is 0 Å². The Morgan fingerprint density at radius 1 is 1.30 bits per heavy atom. The first-order valence-corrected chi connectivity index (χ1v) is 6.89. The molecule has 0 aliphatic rings. The Hall–Kier alpha value is -1.81. The van der Waals surface area contributed by atoms with E-state index in [0.717, 1.165) is 5.56 Å². The van der Waals surface area contributed by atoms with Crippen molar-refractivity contribution in [2.24, 2.45) is 11.8 Å². The third-order valence-electron chi connectivity index (χ3n) is 2.81. The Morgan fingerprint density at radius 2 is 2.00 bits per heavy atom. The van der Waals surface area contributed by atoms with Crippen molar-refractivity contribution in [3.05, 3.63) is 48.2 Å². The molecule has 20 heavy (non-hydrogen) atoms. The highest BCUT2D eigenvalue weighted by Crippen LogP contribution is 2.14. The first-order chi connectivity index (χ1) is 9.65. The van der Waals surface area contributed by atoms with Gasteiger partial charge >= 0.3 is 5.97 Å². The van der Waals surface area contributed by atoms with E-state index in [-0.39, 0.29) is 17.8 Å². The van der Waals surface area contributed by atoms with Crippen LogP contribution in [0.25, 0.3) is 0 Å². The molecule has 0 heterocycles. The average Bonchev–Trinajstić information content (AvgIpc) is 2.43. The molecule has 0 saturated carbocycles. The van der Waals surface area contributed by atoms with E-state index in [0.29, 0.717) is 13.2 Å². The minimum atomic E-state index is -0.261. The molecular formula is C16H23NO3. The summed E-state index contributed by atoms with van der Waals surface area (Å²) in [5, 5.41) is 0. The Kier molecular flexibility index (Phi) is 7.43. The highest BCUT2D eigenvalue weighted by atomic mass is 16.6. The summed E-state index contributed by atoms with van der Waals surface area (Å²) in [6, 6.07) is 9.86. The van der Waals surface area contributed by atoms with Crippen molar-refractivity contribution in [1.82, 2.24) is 5.48 Å². The molecule has 0 saturated heterocycles. The second kappa shape index (κ2) is 9.15. The molecule has 0 aromatic heterocycles. The third-order valence-corrected chi connectivity index (χ3v) is 2.81. The van der Waals surface area contributed by atoms with Gasteiger partial charge in [-0.1, -0.05) is 50.3 Å². The van der Waals surface area contributed by atoms with Gasteiger partial charge in [0.15, 0.2) is 0 Å². The molecule has 1 unspecified atom stereocenters. The summed E-state index contributed by atoms with van der Waals surface area (Å²) in [5.41, 5.74) is 3.81. The van der Waals surface area contributed by atoms with Crippen molar-refractivity contribution in [2.75, 3.05) is 6.61 Å². The molecule has 1 aromatic rings. The lowest BCUT2D eigenvalue weighted by Crippen LogP contribution is -2.21. The fourth-order valence-electron chi connectivity index (χ4n) is 1.70. The van der Waals surface area contributed by atoms with Crippen LogP contribution in [0.5, 0.6) is 0 Å².